The highest BCUT2D eigenvalue weighted by molar-refractivity contribution is 6.35. The van der Waals surface area contributed by atoms with Crippen LogP contribution in [0.4, 0.5) is 13.2 Å². The maximum absolute atomic E-state index is 13.0. The Morgan fingerprint density at radius 2 is 2.00 bits per heavy atom. The summed E-state index contributed by atoms with van der Waals surface area (Å²) in [5.74, 6) is -1.21. The highest BCUT2D eigenvalue weighted by Gasteiger charge is 2.33. The fraction of sp³-hybridized carbons (Fsp3) is 0.118. The Labute approximate surface area is 160 Å². The molecule has 0 spiro atoms. The molecule has 0 fully saturated rings. The van der Waals surface area contributed by atoms with Crippen LogP contribution in [0.25, 0.3) is 17.0 Å². The number of aliphatic carboxylic acids is 1. The van der Waals surface area contributed by atoms with Crippen molar-refractivity contribution < 1.29 is 23.1 Å². The van der Waals surface area contributed by atoms with Gasteiger partial charge in [-0.1, -0.05) is 29.3 Å². The van der Waals surface area contributed by atoms with Crippen LogP contribution in [0.3, 0.4) is 0 Å². The van der Waals surface area contributed by atoms with Gasteiger partial charge in [-0.2, -0.15) is 18.3 Å². The van der Waals surface area contributed by atoms with Crippen LogP contribution in [0.1, 0.15) is 17.0 Å². The van der Waals surface area contributed by atoms with Crippen molar-refractivity contribution in [2.24, 2.45) is 0 Å². The Kier molecular flexibility index (Phi) is 5.12. The molecule has 0 unspecified atom stereocenters. The van der Waals surface area contributed by atoms with Crippen LogP contribution >= 0.6 is 23.2 Å². The fourth-order valence-corrected chi connectivity index (χ4v) is 2.92. The third-order valence-corrected chi connectivity index (χ3v) is 4.26. The number of carboxylic acid groups (broad SMARTS) is 1. The zero-order chi connectivity index (χ0) is 19.8. The number of halogens is 5. The molecule has 140 valence electrons. The number of fused-ring (bicyclic) bond motifs is 1. The molecule has 1 N–H and O–H groups in total. The topological polar surface area (TPSA) is 68.0 Å². The molecule has 5 nitrogen and oxygen atoms in total. The van der Waals surface area contributed by atoms with Gasteiger partial charge in [-0.3, -0.25) is 9.67 Å². The van der Waals surface area contributed by atoms with E-state index in [-0.39, 0.29) is 23.1 Å². The molecule has 0 atom stereocenters. The molecule has 2 heterocycles. The Bertz CT molecular complexity index is 1060. The second-order valence-electron chi connectivity index (χ2n) is 5.53. The van der Waals surface area contributed by atoms with Gasteiger partial charge in [0, 0.05) is 27.7 Å². The van der Waals surface area contributed by atoms with Crippen molar-refractivity contribution in [2.75, 3.05) is 0 Å². The number of pyridine rings is 1. The van der Waals surface area contributed by atoms with Crippen LogP contribution in [-0.4, -0.2) is 25.8 Å². The van der Waals surface area contributed by atoms with E-state index >= 15 is 0 Å². The number of hydrogen-bond acceptors (Lipinski definition) is 3. The number of benzene rings is 1. The Hall–Kier alpha value is -2.58. The zero-order valence-corrected chi connectivity index (χ0v) is 14.8. The van der Waals surface area contributed by atoms with Gasteiger partial charge in [0.2, 0.25) is 0 Å². The summed E-state index contributed by atoms with van der Waals surface area (Å²) in [5.41, 5.74) is -0.163. The van der Waals surface area contributed by atoms with Crippen molar-refractivity contribution in [3.05, 3.63) is 63.5 Å². The molecule has 0 amide bonds. The van der Waals surface area contributed by atoms with E-state index in [0.29, 0.717) is 15.6 Å². The second kappa shape index (κ2) is 7.21. The predicted octanol–water partition coefficient (Wildman–Crippen LogP) is 4.90. The van der Waals surface area contributed by atoms with Crippen molar-refractivity contribution in [3.8, 4) is 0 Å². The molecular formula is C17H10Cl2F3N3O2. The molecule has 3 rings (SSSR count). The smallest absolute Gasteiger partial charge is 0.433 e. The largest absolute Gasteiger partial charge is 0.478 e. The summed E-state index contributed by atoms with van der Waals surface area (Å²) in [6, 6.07) is 5.61. The van der Waals surface area contributed by atoms with Gasteiger partial charge in [0.05, 0.1) is 17.8 Å². The summed E-state index contributed by atoms with van der Waals surface area (Å²) >= 11 is 12.0. The third-order valence-electron chi connectivity index (χ3n) is 3.67. The molecule has 0 saturated carbocycles. The standard InChI is InChI=1S/C17H10Cl2F3N3O2/c18-10-2-1-9(12(19)5-10)8-25-14-6-15(17(20,21)22)23-7-11(14)13(24-25)3-4-16(26)27/h1-7H,8H2,(H,26,27). The number of rotatable bonds is 4. The van der Waals surface area contributed by atoms with Crippen molar-refractivity contribution in [1.29, 1.82) is 0 Å². The minimum absolute atomic E-state index is 0.0642. The first-order valence-electron chi connectivity index (χ1n) is 7.44. The first kappa shape index (κ1) is 19.2. The summed E-state index contributed by atoms with van der Waals surface area (Å²) < 4.78 is 40.4. The quantitative estimate of drug-likeness (QED) is 0.615. The van der Waals surface area contributed by atoms with Crippen LogP contribution in [0, 0.1) is 0 Å². The van der Waals surface area contributed by atoms with Crippen molar-refractivity contribution in [2.45, 2.75) is 12.7 Å². The molecular weight excluding hydrogens is 406 g/mol. The lowest BCUT2D eigenvalue weighted by Gasteiger charge is -2.08. The van der Waals surface area contributed by atoms with E-state index in [1.54, 1.807) is 12.1 Å². The summed E-state index contributed by atoms with van der Waals surface area (Å²) in [4.78, 5) is 14.2. The Balaban J connectivity index is 2.15. The van der Waals surface area contributed by atoms with E-state index in [0.717, 1.165) is 18.3 Å². The molecule has 3 aromatic rings. The van der Waals surface area contributed by atoms with E-state index in [4.69, 9.17) is 28.3 Å². The molecule has 27 heavy (non-hydrogen) atoms. The van der Waals surface area contributed by atoms with Gasteiger partial charge in [0.25, 0.3) is 0 Å². The average molecular weight is 416 g/mol. The van der Waals surface area contributed by atoms with Gasteiger partial charge in [0.1, 0.15) is 5.69 Å². The van der Waals surface area contributed by atoms with Crippen LogP contribution < -0.4 is 0 Å². The fourth-order valence-electron chi connectivity index (χ4n) is 2.45. The summed E-state index contributed by atoms with van der Waals surface area (Å²) in [5, 5.41) is 14.0. The number of nitrogens with zero attached hydrogens (tertiary/aromatic N) is 3. The molecule has 0 saturated heterocycles. The van der Waals surface area contributed by atoms with E-state index < -0.39 is 17.8 Å². The third kappa shape index (κ3) is 4.23. The van der Waals surface area contributed by atoms with Crippen LogP contribution in [0.15, 0.2) is 36.5 Å². The SMILES string of the molecule is O=C(O)C=Cc1nn(Cc2ccc(Cl)cc2Cl)c2cc(C(F)(F)F)ncc12. The number of hydrogen-bond donors (Lipinski definition) is 1. The minimum Gasteiger partial charge on any atom is -0.478 e. The van der Waals surface area contributed by atoms with Crippen LogP contribution in [0.5, 0.6) is 0 Å². The lowest BCUT2D eigenvalue weighted by molar-refractivity contribution is -0.141. The Morgan fingerprint density at radius 1 is 1.26 bits per heavy atom. The van der Waals surface area contributed by atoms with Crippen molar-refractivity contribution >= 4 is 46.2 Å². The molecule has 0 aliphatic rings. The van der Waals surface area contributed by atoms with Crippen molar-refractivity contribution in [1.82, 2.24) is 14.8 Å². The van der Waals surface area contributed by atoms with Gasteiger partial charge in [-0.25, -0.2) is 4.79 Å². The maximum Gasteiger partial charge on any atom is 0.433 e. The molecule has 1 aromatic carbocycles. The summed E-state index contributed by atoms with van der Waals surface area (Å²) in [6.45, 7) is 0.0642. The van der Waals surface area contributed by atoms with Gasteiger partial charge in [0.15, 0.2) is 0 Å². The molecule has 0 aliphatic heterocycles. The molecule has 0 aliphatic carbocycles. The lowest BCUT2D eigenvalue weighted by Crippen LogP contribution is -2.08. The molecule has 10 heteroatoms. The van der Waals surface area contributed by atoms with E-state index in [1.807, 2.05) is 0 Å². The minimum atomic E-state index is -4.63. The van der Waals surface area contributed by atoms with E-state index in [1.165, 1.54) is 16.8 Å². The van der Waals surface area contributed by atoms with Gasteiger partial charge in [-0.05, 0) is 29.8 Å². The lowest BCUT2D eigenvalue weighted by atomic mass is 10.2. The van der Waals surface area contributed by atoms with Gasteiger partial charge < -0.3 is 5.11 Å². The number of carbonyl (C=O) groups is 1. The summed E-state index contributed by atoms with van der Waals surface area (Å²) in [6.07, 6.45) is -1.57. The molecule has 2 aromatic heterocycles. The van der Waals surface area contributed by atoms with Crippen LogP contribution in [0.2, 0.25) is 10.0 Å². The monoisotopic (exact) mass is 415 g/mol. The first-order chi connectivity index (χ1) is 12.6. The van der Waals surface area contributed by atoms with Gasteiger partial charge in [-0.15, -0.1) is 0 Å². The molecule has 0 bridgehead atoms. The Morgan fingerprint density at radius 3 is 2.63 bits per heavy atom. The van der Waals surface area contributed by atoms with E-state index in [9.17, 15) is 18.0 Å². The number of carboxylic acids is 1. The van der Waals surface area contributed by atoms with Crippen molar-refractivity contribution in [3.63, 3.8) is 0 Å². The second-order valence-corrected chi connectivity index (χ2v) is 6.38. The highest BCUT2D eigenvalue weighted by atomic mass is 35.5. The number of alkyl halides is 3. The summed E-state index contributed by atoms with van der Waals surface area (Å²) in [7, 11) is 0. The number of aromatic nitrogens is 3. The molecule has 0 radical (unpaired) electrons. The average Bonchev–Trinajstić information content (AvgIpc) is 2.92. The highest BCUT2D eigenvalue weighted by Crippen LogP contribution is 2.31. The van der Waals surface area contributed by atoms with Gasteiger partial charge >= 0.3 is 12.1 Å². The predicted molar refractivity (Wildman–Crippen MR) is 94.8 cm³/mol. The zero-order valence-electron chi connectivity index (χ0n) is 13.3. The van der Waals surface area contributed by atoms with Crippen LogP contribution in [-0.2, 0) is 17.5 Å². The maximum atomic E-state index is 13.0. The first-order valence-corrected chi connectivity index (χ1v) is 8.19. The normalized spacial score (nSPS) is 12.2. The van der Waals surface area contributed by atoms with E-state index in [2.05, 4.69) is 10.1 Å².